The Morgan fingerprint density at radius 2 is 1.50 bits per heavy atom. The minimum absolute atomic E-state index is 0.250. The van der Waals surface area contributed by atoms with Crippen LogP contribution in [0, 0.1) is 0 Å². The van der Waals surface area contributed by atoms with Crippen molar-refractivity contribution in [2.75, 3.05) is 0 Å². The molecule has 0 aromatic heterocycles. The summed E-state index contributed by atoms with van der Waals surface area (Å²) >= 11 is 0. The van der Waals surface area contributed by atoms with Gasteiger partial charge in [0.05, 0.1) is 0 Å². The van der Waals surface area contributed by atoms with E-state index in [1.54, 1.807) is 0 Å². The van der Waals surface area contributed by atoms with E-state index >= 15 is 0 Å². The van der Waals surface area contributed by atoms with Gasteiger partial charge >= 0.3 is 6.15 Å². The number of carboxylic acids is 1. The van der Waals surface area contributed by atoms with Crippen molar-refractivity contribution in [2.45, 2.75) is 13.8 Å². The molecule has 58 valence electrons. The molecule has 0 aliphatic rings. The maximum atomic E-state index is 9.00. The zero-order valence-electron chi connectivity index (χ0n) is 5.66. The van der Waals surface area contributed by atoms with Gasteiger partial charge in [0.15, 0.2) is 0 Å². The first-order valence-corrected chi connectivity index (χ1v) is 2.15. The van der Waals surface area contributed by atoms with Crippen LogP contribution in [0.5, 0.6) is 0 Å². The highest BCUT2D eigenvalue weighted by Gasteiger charge is 1.65. The maximum Gasteiger partial charge on any atom is 0.373 e. The fourth-order valence-corrected chi connectivity index (χ4v) is 0. The van der Waals surface area contributed by atoms with E-state index < -0.39 is 5.97 Å². The van der Waals surface area contributed by atoms with Gasteiger partial charge in [-0.2, -0.15) is 9.59 Å². The van der Waals surface area contributed by atoms with Crippen LogP contribution < -0.4 is 0 Å². The topological polar surface area (TPSA) is 88.5 Å². The number of carbonyl (C=O) groups is 2. The summed E-state index contributed by atoms with van der Waals surface area (Å²) in [6.07, 6.45) is 1.00. The van der Waals surface area contributed by atoms with Gasteiger partial charge in [-0.3, -0.25) is 4.79 Å². The van der Waals surface area contributed by atoms with Crippen LogP contribution in [0.2, 0.25) is 0 Å². The molecule has 5 heteroatoms. The normalized spacial score (nSPS) is 4.60. The van der Waals surface area contributed by atoms with E-state index in [0.717, 1.165) is 13.2 Å². The fraction of sp³-hybridized carbons (Fsp3) is 0.400. The number of hydrogen-bond donors (Lipinski definition) is 1. The molecule has 0 aliphatic carbocycles. The third-order valence-electron chi connectivity index (χ3n) is 0. The van der Waals surface area contributed by atoms with Crippen LogP contribution in [0.15, 0.2) is 0 Å². The summed E-state index contributed by atoms with van der Waals surface area (Å²) in [5.41, 5.74) is 0. The van der Waals surface area contributed by atoms with E-state index in [4.69, 9.17) is 24.3 Å². The standard InChI is InChI=1S/C2H4O2.C2H4O.CO2/c1-2(3)4;1-2-3;2-1-3/h1H3,(H,3,4);2H,1H3;. The van der Waals surface area contributed by atoms with Crippen molar-refractivity contribution < 1.29 is 24.3 Å². The average Bonchev–Trinajstić information content (AvgIpc) is 1.65. The Morgan fingerprint density at radius 3 is 1.50 bits per heavy atom. The highest BCUT2D eigenvalue weighted by molar-refractivity contribution is 5.62. The van der Waals surface area contributed by atoms with Gasteiger partial charge in [-0.1, -0.05) is 0 Å². The molecule has 0 rings (SSSR count). The Labute approximate surface area is 57.7 Å². The molecule has 0 spiro atoms. The van der Waals surface area contributed by atoms with E-state index in [1.165, 1.54) is 6.92 Å². The molecule has 0 aliphatic heterocycles. The Balaban J connectivity index is -0.0000000750. The minimum Gasteiger partial charge on any atom is -0.481 e. The van der Waals surface area contributed by atoms with Crippen LogP contribution in [0.1, 0.15) is 13.8 Å². The van der Waals surface area contributed by atoms with Gasteiger partial charge in [-0.25, -0.2) is 0 Å². The van der Waals surface area contributed by atoms with Gasteiger partial charge in [0, 0.05) is 6.92 Å². The molecule has 10 heavy (non-hydrogen) atoms. The summed E-state index contributed by atoms with van der Waals surface area (Å²) in [6.45, 7) is 2.53. The lowest BCUT2D eigenvalue weighted by Gasteiger charge is -1.59. The molecule has 0 aromatic rings. The number of aliphatic carboxylic acids is 1. The summed E-state index contributed by atoms with van der Waals surface area (Å²) in [5.74, 6) is -0.833. The first kappa shape index (κ1) is 15.8. The van der Waals surface area contributed by atoms with E-state index in [1.807, 2.05) is 0 Å². The van der Waals surface area contributed by atoms with Crippen LogP contribution >= 0.6 is 0 Å². The van der Waals surface area contributed by atoms with E-state index in [-0.39, 0.29) is 6.15 Å². The summed E-state index contributed by atoms with van der Waals surface area (Å²) in [5, 5.41) is 7.42. The van der Waals surface area contributed by atoms with Crippen molar-refractivity contribution in [1.29, 1.82) is 0 Å². The first-order chi connectivity index (χ1) is 4.56. The second-order valence-electron chi connectivity index (χ2n) is 0.838. The van der Waals surface area contributed by atoms with Crippen LogP contribution in [0.4, 0.5) is 0 Å². The van der Waals surface area contributed by atoms with Gasteiger partial charge in [0.25, 0.3) is 5.97 Å². The van der Waals surface area contributed by atoms with Gasteiger partial charge in [-0.05, 0) is 6.92 Å². The van der Waals surface area contributed by atoms with Crippen LogP contribution in [-0.4, -0.2) is 23.5 Å². The Morgan fingerprint density at radius 1 is 1.50 bits per heavy atom. The molecule has 0 aromatic carbocycles. The molecule has 0 heterocycles. The number of aldehydes is 1. The third-order valence-corrected chi connectivity index (χ3v) is 0. The van der Waals surface area contributed by atoms with Crippen LogP contribution in [0.25, 0.3) is 0 Å². The van der Waals surface area contributed by atoms with Crippen molar-refractivity contribution in [3.8, 4) is 0 Å². The molecule has 0 unspecified atom stereocenters. The summed E-state index contributed by atoms with van der Waals surface area (Å²) in [7, 11) is 0. The highest BCUT2D eigenvalue weighted by atomic mass is 16.4. The predicted octanol–water partition coefficient (Wildman–Crippen LogP) is -0.287. The number of hydrogen-bond acceptors (Lipinski definition) is 4. The molecule has 0 bridgehead atoms. The van der Waals surface area contributed by atoms with Gasteiger partial charge in [-0.15, -0.1) is 0 Å². The highest BCUT2D eigenvalue weighted by Crippen LogP contribution is 1.42. The maximum absolute atomic E-state index is 9.00. The van der Waals surface area contributed by atoms with Crippen molar-refractivity contribution in [2.24, 2.45) is 0 Å². The lowest BCUT2D eigenvalue weighted by Crippen LogP contribution is -1.78. The zero-order chi connectivity index (χ0) is 8.99. The average molecular weight is 148 g/mol. The molecule has 0 amide bonds. The number of rotatable bonds is 0. The van der Waals surface area contributed by atoms with Crippen LogP contribution in [-0.2, 0) is 19.2 Å². The van der Waals surface area contributed by atoms with Gasteiger partial charge < -0.3 is 9.90 Å². The van der Waals surface area contributed by atoms with Crippen molar-refractivity contribution in [3.05, 3.63) is 0 Å². The molecular weight excluding hydrogens is 140 g/mol. The number of carbonyl (C=O) groups excluding carboxylic acids is 3. The monoisotopic (exact) mass is 148 g/mol. The summed E-state index contributed by atoms with van der Waals surface area (Å²) < 4.78 is 0. The Kier molecular flexibility index (Phi) is 40.8. The quantitative estimate of drug-likeness (QED) is 0.477. The van der Waals surface area contributed by atoms with Crippen LogP contribution in [0.3, 0.4) is 0 Å². The smallest absolute Gasteiger partial charge is 0.373 e. The largest absolute Gasteiger partial charge is 0.481 e. The first-order valence-electron chi connectivity index (χ1n) is 2.15. The second kappa shape index (κ2) is 25.8. The molecular formula is C5H8O5. The van der Waals surface area contributed by atoms with Crippen molar-refractivity contribution in [1.82, 2.24) is 0 Å². The molecule has 0 atom stereocenters. The molecule has 0 radical (unpaired) electrons. The minimum atomic E-state index is -0.833. The van der Waals surface area contributed by atoms with E-state index in [9.17, 15) is 0 Å². The van der Waals surface area contributed by atoms with Gasteiger partial charge in [0.1, 0.15) is 6.29 Å². The van der Waals surface area contributed by atoms with Gasteiger partial charge in [0.2, 0.25) is 0 Å². The summed E-state index contributed by atoms with van der Waals surface area (Å²) in [6, 6.07) is 0. The number of carboxylic acid groups (broad SMARTS) is 1. The molecule has 0 saturated carbocycles. The SMILES string of the molecule is CC(=O)O.CC=O.O=C=O. The lowest BCUT2D eigenvalue weighted by molar-refractivity contribution is -0.191. The predicted molar refractivity (Wildman–Crippen MR) is 30.1 cm³/mol. The fourth-order valence-electron chi connectivity index (χ4n) is 0. The second-order valence-corrected chi connectivity index (χ2v) is 0.838. The van der Waals surface area contributed by atoms with E-state index in [0.29, 0.717) is 0 Å². The summed E-state index contributed by atoms with van der Waals surface area (Å²) in [4.78, 5) is 34.1. The van der Waals surface area contributed by atoms with Crippen molar-refractivity contribution in [3.63, 3.8) is 0 Å². The Bertz CT molecular complexity index is 107. The molecule has 1 N–H and O–H groups in total. The molecule has 0 fully saturated rings. The van der Waals surface area contributed by atoms with Crippen molar-refractivity contribution >= 4 is 18.4 Å². The molecule has 5 nitrogen and oxygen atoms in total. The van der Waals surface area contributed by atoms with E-state index in [2.05, 4.69) is 0 Å². The zero-order valence-corrected chi connectivity index (χ0v) is 5.66. The Hall–Kier alpha value is -1.48. The lowest BCUT2D eigenvalue weighted by atomic mass is 10.9. The molecule has 0 saturated heterocycles. The third kappa shape index (κ3) is 90.7.